The number of rotatable bonds is 6. The van der Waals surface area contributed by atoms with Gasteiger partial charge in [-0.05, 0) is 91.8 Å². The summed E-state index contributed by atoms with van der Waals surface area (Å²) in [4.78, 5) is 35.7. The van der Waals surface area contributed by atoms with E-state index in [4.69, 9.17) is 21.4 Å². The monoisotopic (exact) mass is 607 g/mol. The van der Waals surface area contributed by atoms with Gasteiger partial charge >= 0.3 is 5.97 Å². The van der Waals surface area contributed by atoms with Gasteiger partial charge in [0.15, 0.2) is 5.75 Å². The number of aliphatic carboxylic acids is 1. The number of thioether (sulfide) groups is 1. The van der Waals surface area contributed by atoms with E-state index in [0.29, 0.717) is 44.1 Å². The molecular weight excluding hydrogens is 597 g/mol. The van der Waals surface area contributed by atoms with Crippen molar-refractivity contribution < 1.29 is 24.2 Å². The zero-order chi connectivity index (χ0) is 21.1. The van der Waals surface area contributed by atoms with Crippen molar-refractivity contribution in [3.05, 3.63) is 65.5 Å². The Hall–Kier alpha value is -1.56. The molecule has 0 bridgehead atoms. The van der Waals surface area contributed by atoms with Gasteiger partial charge in [-0.15, -0.1) is 0 Å². The van der Waals surface area contributed by atoms with Crippen molar-refractivity contribution in [2.45, 2.75) is 6.61 Å². The van der Waals surface area contributed by atoms with Crippen LogP contribution in [0.4, 0.5) is 4.79 Å². The summed E-state index contributed by atoms with van der Waals surface area (Å²) in [6.07, 6.45) is 1.49. The fourth-order valence-corrected chi connectivity index (χ4v) is 4.65. The number of hydrogen-bond donors (Lipinski definition) is 1. The van der Waals surface area contributed by atoms with Gasteiger partial charge in [0.2, 0.25) is 0 Å². The molecular formula is C19H12BrClINO5S. The molecule has 0 radical (unpaired) electrons. The molecule has 1 aliphatic rings. The van der Waals surface area contributed by atoms with E-state index in [-0.39, 0.29) is 4.91 Å². The number of hydrogen-bond acceptors (Lipinski definition) is 5. The minimum absolute atomic E-state index is 0.131. The molecule has 2 aromatic carbocycles. The van der Waals surface area contributed by atoms with Gasteiger partial charge in [-0.2, -0.15) is 0 Å². The fourth-order valence-electron chi connectivity index (χ4n) is 2.46. The highest BCUT2D eigenvalue weighted by Crippen LogP contribution is 2.38. The average molecular weight is 609 g/mol. The van der Waals surface area contributed by atoms with Crippen molar-refractivity contribution in [2.24, 2.45) is 0 Å². The van der Waals surface area contributed by atoms with E-state index >= 15 is 0 Å². The first-order valence-electron chi connectivity index (χ1n) is 8.08. The lowest BCUT2D eigenvalue weighted by atomic mass is 10.2. The quantitative estimate of drug-likeness (QED) is 0.349. The second-order valence-electron chi connectivity index (χ2n) is 5.89. The van der Waals surface area contributed by atoms with E-state index < -0.39 is 23.7 Å². The molecule has 0 saturated carbocycles. The summed E-state index contributed by atoms with van der Waals surface area (Å²) >= 11 is 12.7. The van der Waals surface area contributed by atoms with E-state index in [9.17, 15) is 14.4 Å². The molecule has 0 spiro atoms. The summed E-state index contributed by atoms with van der Waals surface area (Å²) < 4.78 is 7.53. The first-order valence-corrected chi connectivity index (χ1v) is 11.1. The lowest BCUT2D eigenvalue weighted by Gasteiger charge is -2.11. The zero-order valence-electron chi connectivity index (χ0n) is 14.5. The normalized spacial score (nSPS) is 15.3. The Morgan fingerprint density at radius 2 is 1.97 bits per heavy atom. The molecule has 6 nitrogen and oxygen atoms in total. The number of nitrogens with zero attached hydrogens (tertiary/aromatic N) is 1. The second-order valence-corrected chi connectivity index (χ2v) is 9.39. The number of amides is 2. The number of carbonyl (C=O) groups is 3. The van der Waals surface area contributed by atoms with Gasteiger partial charge in [0, 0.05) is 3.57 Å². The highest BCUT2D eigenvalue weighted by molar-refractivity contribution is 14.1. The minimum atomic E-state index is -1.26. The smallest absolute Gasteiger partial charge is 0.323 e. The van der Waals surface area contributed by atoms with Crippen LogP contribution in [0.5, 0.6) is 5.75 Å². The van der Waals surface area contributed by atoms with Crippen molar-refractivity contribution >= 4 is 85.1 Å². The molecule has 0 atom stereocenters. The van der Waals surface area contributed by atoms with Crippen LogP contribution in [0.3, 0.4) is 0 Å². The lowest BCUT2D eigenvalue weighted by molar-refractivity contribution is -0.140. The Labute approximate surface area is 197 Å². The maximum absolute atomic E-state index is 12.3. The first kappa shape index (κ1) is 22.1. The minimum Gasteiger partial charge on any atom is -0.486 e. The van der Waals surface area contributed by atoms with Crippen LogP contribution >= 0.6 is 61.9 Å². The summed E-state index contributed by atoms with van der Waals surface area (Å²) in [5.41, 5.74) is 1.56. The number of halogens is 3. The third-order valence-electron chi connectivity index (χ3n) is 3.78. The van der Waals surface area contributed by atoms with Crippen LogP contribution in [0, 0.1) is 3.57 Å². The number of carbonyl (C=O) groups excluding carboxylic acids is 2. The van der Waals surface area contributed by atoms with Crippen LogP contribution in [0.25, 0.3) is 6.08 Å². The van der Waals surface area contributed by atoms with Crippen molar-refractivity contribution in [3.63, 3.8) is 0 Å². The number of imide groups is 1. The van der Waals surface area contributed by atoms with Crippen LogP contribution in [-0.4, -0.2) is 33.7 Å². The molecule has 1 aliphatic heterocycles. The SMILES string of the molecule is O=C(O)CN1C(=O)S/C(=C/c2cc(Cl)c(OCc3ccc(I)cc3)c(Br)c2)C1=O. The molecule has 0 aliphatic carbocycles. The highest BCUT2D eigenvalue weighted by Gasteiger charge is 2.36. The van der Waals surface area contributed by atoms with Gasteiger partial charge in [-0.25, -0.2) is 0 Å². The van der Waals surface area contributed by atoms with Crippen LogP contribution in [-0.2, 0) is 16.2 Å². The molecule has 1 N–H and O–H groups in total. The van der Waals surface area contributed by atoms with Crippen LogP contribution in [0.15, 0.2) is 45.8 Å². The van der Waals surface area contributed by atoms with Crippen LogP contribution < -0.4 is 4.74 Å². The molecule has 2 aromatic rings. The van der Waals surface area contributed by atoms with E-state index in [1.807, 2.05) is 24.3 Å². The topological polar surface area (TPSA) is 83.9 Å². The third kappa shape index (κ3) is 5.53. The Kier molecular flexibility index (Phi) is 7.25. The first-order chi connectivity index (χ1) is 13.7. The van der Waals surface area contributed by atoms with Crippen LogP contribution in [0.2, 0.25) is 5.02 Å². The van der Waals surface area contributed by atoms with Gasteiger partial charge in [-0.1, -0.05) is 23.7 Å². The van der Waals surface area contributed by atoms with Crippen molar-refractivity contribution in [1.29, 1.82) is 0 Å². The van der Waals surface area contributed by atoms with Crippen molar-refractivity contribution in [1.82, 2.24) is 4.90 Å². The largest absolute Gasteiger partial charge is 0.486 e. The van der Waals surface area contributed by atoms with E-state index in [1.165, 1.54) is 6.08 Å². The standard InChI is InChI=1S/C19H12BrClINO5S/c20-13-5-11(7-15-18(26)23(8-16(24)25)19(27)29-15)6-14(21)17(13)28-9-10-1-3-12(22)4-2-10/h1-7H,8-9H2,(H,24,25)/b15-7+. The zero-order valence-corrected chi connectivity index (χ0v) is 19.8. The lowest BCUT2D eigenvalue weighted by Crippen LogP contribution is -2.33. The molecule has 2 amide bonds. The molecule has 1 saturated heterocycles. The summed E-state index contributed by atoms with van der Waals surface area (Å²) in [6.45, 7) is -0.333. The molecule has 29 heavy (non-hydrogen) atoms. The predicted octanol–water partition coefficient (Wildman–Crippen LogP) is 5.41. The molecule has 10 heteroatoms. The number of carboxylic acid groups (broad SMARTS) is 1. The van der Waals surface area contributed by atoms with Gasteiger partial charge in [0.05, 0.1) is 14.4 Å². The Morgan fingerprint density at radius 3 is 2.59 bits per heavy atom. The summed E-state index contributed by atoms with van der Waals surface area (Å²) in [6, 6.07) is 11.2. The number of benzene rings is 2. The Balaban J connectivity index is 1.77. The van der Waals surface area contributed by atoms with Gasteiger partial charge in [0.1, 0.15) is 13.2 Å². The summed E-state index contributed by atoms with van der Waals surface area (Å²) in [5, 5.41) is 8.54. The molecule has 3 rings (SSSR count). The Bertz CT molecular complexity index is 1000. The average Bonchev–Trinajstić information content (AvgIpc) is 2.89. The molecule has 150 valence electrons. The fraction of sp³-hybridized carbons (Fsp3) is 0.105. The van der Waals surface area contributed by atoms with Gasteiger partial charge < -0.3 is 9.84 Å². The van der Waals surface area contributed by atoms with Crippen molar-refractivity contribution in [3.8, 4) is 5.75 Å². The maximum Gasteiger partial charge on any atom is 0.323 e. The number of ether oxygens (including phenoxy) is 1. The molecule has 1 heterocycles. The van der Waals surface area contributed by atoms with Crippen molar-refractivity contribution in [2.75, 3.05) is 6.54 Å². The van der Waals surface area contributed by atoms with Crippen LogP contribution in [0.1, 0.15) is 11.1 Å². The van der Waals surface area contributed by atoms with E-state index in [2.05, 4.69) is 38.5 Å². The molecule has 0 unspecified atom stereocenters. The molecule has 1 fully saturated rings. The van der Waals surface area contributed by atoms with Gasteiger partial charge in [-0.3, -0.25) is 19.3 Å². The second kappa shape index (κ2) is 9.50. The molecule has 0 aromatic heterocycles. The van der Waals surface area contributed by atoms with E-state index in [0.717, 1.165) is 9.13 Å². The van der Waals surface area contributed by atoms with Gasteiger partial charge in [0.25, 0.3) is 11.1 Å². The summed E-state index contributed by atoms with van der Waals surface area (Å²) in [7, 11) is 0. The Morgan fingerprint density at radius 1 is 1.28 bits per heavy atom. The third-order valence-corrected chi connectivity index (χ3v) is 6.28. The highest BCUT2D eigenvalue weighted by atomic mass is 127. The summed E-state index contributed by atoms with van der Waals surface area (Å²) in [5.74, 6) is -1.44. The number of carboxylic acids is 1. The predicted molar refractivity (Wildman–Crippen MR) is 123 cm³/mol. The van der Waals surface area contributed by atoms with E-state index in [1.54, 1.807) is 12.1 Å². The maximum atomic E-state index is 12.3.